The van der Waals surface area contributed by atoms with Crippen molar-refractivity contribution in [2.45, 2.75) is 13.3 Å². The molecular formula is C12H9ClFNO2S. The first-order valence-corrected chi connectivity index (χ1v) is 6.30. The van der Waals surface area contributed by atoms with Crippen LogP contribution in [0.2, 0.25) is 5.02 Å². The Hall–Kier alpha value is -1.46. The van der Waals surface area contributed by atoms with Gasteiger partial charge in [-0.25, -0.2) is 9.37 Å². The standard InChI is InChI=1S/C12H9ClFNO2S/c1-6-10(5-11(16)17)18-12(15-6)7-2-3-9(14)8(13)4-7/h2-4H,5H2,1H3,(H,16,17). The number of carboxylic acids is 1. The lowest BCUT2D eigenvalue weighted by molar-refractivity contribution is -0.136. The van der Waals surface area contributed by atoms with Gasteiger partial charge in [-0.3, -0.25) is 4.79 Å². The van der Waals surface area contributed by atoms with Gasteiger partial charge >= 0.3 is 5.97 Å². The SMILES string of the molecule is Cc1nc(-c2ccc(F)c(Cl)c2)sc1CC(=O)O. The highest BCUT2D eigenvalue weighted by Crippen LogP contribution is 2.30. The molecule has 0 saturated carbocycles. The van der Waals surface area contributed by atoms with Gasteiger partial charge in [0.15, 0.2) is 0 Å². The second kappa shape index (κ2) is 5.04. The summed E-state index contributed by atoms with van der Waals surface area (Å²) in [7, 11) is 0. The smallest absolute Gasteiger partial charge is 0.308 e. The minimum absolute atomic E-state index is 0.0279. The molecule has 94 valence electrons. The van der Waals surface area contributed by atoms with E-state index in [2.05, 4.69) is 4.98 Å². The Morgan fingerprint density at radius 2 is 2.28 bits per heavy atom. The van der Waals surface area contributed by atoms with E-state index >= 15 is 0 Å². The van der Waals surface area contributed by atoms with Crippen molar-refractivity contribution in [1.82, 2.24) is 4.98 Å². The van der Waals surface area contributed by atoms with Crippen LogP contribution in [0.1, 0.15) is 10.6 Å². The molecule has 1 N–H and O–H groups in total. The van der Waals surface area contributed by atoms with Crippen molar-refractivity contribution < 1.29 is 14.3 Å². The van der Waals surface area contributed by atoms with Gasteiger partial charge in [0.1, 0.15) is 10.8 Å². The highest BCUT2D eigenvalue weighted by molar-refractivity contribution is 7.15. The fourth-order valence-electron chi connectivity index (χ4n) is 1.48. The van der Waals surface area contributed by atoms with Crippen molar-refractivity contribution in [1.29, 1.82) is 0 Å². The molecule has 3 nitrogen and oxygen atoms in total. The Labute approximate surface area is 112 Å². The maximum absolute atomic E-state index is 13.0. The molecule has 1 aromatic carbocycles. The van der Waals surface area contributed by atoms with Crippen LogP contribution in [0.3, 0.4) is 0 Å². The number of nitrogens with zero attached hydrogens (tertiary/aromatic N) is 1. The molecule has 0 saturated heterocycles. The highest BCUT2D eigenvalue weighted by atomic mass is 35.5. The lowest BCUT2D eigenvalue weighted by atomic mass is 10.2. The molecule has 1 aromatic heterocycles. The average Bonchev–Trinajstić information content (AvgIpc) is 2.63. The normalized spacial score (nSPS) is 10.6. The molecule has 2 rings (SSSR count). The third-order valence-corrected chi connectivity index (χ3v) is 3.87. The predicted molar refractivity (Wildman–Crippen MR) is 68.6 cm³/mol. The molecule has 0 spiro atoms. The van der Waals surface area contributed by atoms with E-state index < -0.39 is 11.8 Å². The highest BCUT2D eigenvalue weighted by Gasteiger charge is 2.13. The van der Waals surface area contributed by atoms with E-state index in [-0.39, 0.29) is 11.4 Å². The summed E-state index contributed by atoms with van der Waals surface area (Å²) >= 11 is 6.98. The largest absolute Gasteiger partial charge is 0.481 e. The Morgan fingerprint density at radius 3 is 2.89 bits per heavy atom. The maximum Gasteiger partial charge on any atom is 0.308 e. The number of aromatic nitrogens is 1. The van der Waals surface area contributed by atoms with Crippen LogP contribution in [0.15, 0.2) is 18.2 Å². The Balaban J connectivity index is 2.39. The van der Waals surface area contributed by atoms with Gasteiger partial charge in [0.25, 0.3) is 0 Å². The lowest BCUT2D eigenvalue weighted by Crippen LogP contribution is -1.99. The Morgan fingerprint density at radius 1 is 1.56 bits per heavy atom. The molecule has 0 unspecified atom stereocenters. The maximum atomic E-state index is 13.0. The van der Waals surface area contributed by atoms with Crippen LogP contribution in [0.4, 0.5) is 4.39 Å². The van der Waals surface area contributed by atoms with E-state index in [0.29, 0.717) is 21.1 Å². The number of aliphatic carboxylic acids is 1. The molecule has 2 aromatic rings. The summed E-state index contributed by atoms with van der Waals surface area (Å²) in [6.45, 7) is 1.75. The predicted octanol–water partition coefficient (Wildman–Crippen LogP) is 3.54. The topological polar surface area (TPSA) is 50.2 Å². The van der Waals surface area contributed by atoms with Crippen LogP contribution in [-0.4, -0.2) is 16.1 Å². The zero-order valence-corrected chi connectivity index (χ0v) is 11.0. The van der Waals surface area contributed by atoms with Crippen LogP contribution in [0.25, 0.3) is 10.6 Å². The fraction of sp³-hybridized carbons (Fsp3) is 0.167. The van der Waals surface area contributed by atoms with Crippen molar-refractivity contribution in [3.05, 3.63) is 39.6 Å². The van der Waals surface area contributed by atoms with Gasteiger partial charge in [-0.15, -0.1) is 11.3 Å². The summed E-state index contributed by atoms with van der Waals surface area (Å²) < 4.78 is 13.0. The molecule has 0 bridgehead atoms. The monoisotopic (exact) mass is 285 g/mol. The van der Waals surface area contributed by atoms with Gasteiger partial charge in [-0.2, -0.15) is 0 Å². The number of aryl methyl sites for hydroxylation is 1. The van der Waals surface area contributed by atoms with Crippen LogP contribution in [0, 0.1) is 12.7 Å². The first-order chi connectivity index (χ1) is 8.47. The molecule has 0 radical (unpaired) electrons. The number of benzene rings is 1. The molecule has 6 heteroatoms. The summed E-state index contributed by atoms with van der Waals surface area (Å²) in [6, 6.07) is 4.33. The molecular weight excluding hydrogens is 277 g/mol. The van der Waals surface area contributed by atoms with Crippen molar-refractivity contribution in [3.63, 3.8) is 0 Å². The van der Waals surface area contributed by atoms with Gasteiger partial charge in [0, 0.05) is 10.4 Å². The minimum Gasteiger partial charge on any atom is -0.481 e. The first-order valence-electron chi connectivity index (χ1n) is 5.11. The molecule has 1 heterocycles. The first kappa shape index (κ1) is 13.0. The van der Waals surface area contributed by atoms with Crippen LogP contribution >= 0.6 is 22.9 Å². The van der Waals surface area contributed by atoms with Gasteiger partial charge in [-0.1, -0.05) is 11.6 Å². The Kier molecular flexibility index (Phi) is 3.63. The van der Waals surface area contributed by atoms with Gasteiger partial charge in [-0.05, 0) is 25.1 Å². The second-order valence-electron chi connectivity index (χ2n) is 3.73. The van der Waals surface area contributed by atoms with Crippen molar-refractivity contribution in [2.24, 2.45) is 0 Å². The summed E-state index contributed by atoms with van der Waals surface area (Å²) in [6.07, 6.45) is -0.0571. The molecule has 18 heavy (non-hydrogen) atoms. The summed E-state index contributed by atoms with van der Waals surface area (Å²) in [5.41, 5.74) is 1.36. The zero-order chi connectivity index (χ0) is 13.3. The van der Waals surface area contributed by atoms with E-state index in [9.17, 15) is 9.18 Å². The molecule has 0 fully saturated rings. The minimum atomic E-state index is -0.898. The van der Waals surface area contributed by atoms with Crippen molar-refractivity contribution in [3.8, 4) is 10.6 Å². The summed E-state index contributed by atoms with van der Waals surface area (Å²) in [4.78, 5) is 15.6. The molecule has 0 aliphatic carbocycles. The van der Waals surface area contributed by atoms with E-state index in [1.807, 2.05) is 0 Å². The van der Waals surface area contributed by atoms with Crippen LogP contribution < -0.4 is 0 Å². The number of hydrogen-bond acceptors (Lipinski definition) is 3. The van der Waals surface area contributed by atoms with Crippen LogP contribution in [0.5, 0.6) is 0 Å². The van der Waals surface area contributed by atoms with Crippen molar-refractivity contribution in [2.75, 3.05) is 0 Å². The number of carbonyl (C=O) groups is 1. The number of hydrogen-bond donors (Lipinski definition) is 1. The molecule has 0 aliphatic heterocycles. The third-order valence-electron chi connectivity index (χ3n) is 2.37. The molecule has 0 amide bonds. The van der Waals surface area contributed by atoms with E-state index in [4.69, 9.17) is 16.7 Å². The van der Waals surface area contributed by atoms with Gasteiger partial charge in [0.2, 0.25) is 0 Å². The number of halogens is 2. The summed E-state index contributed by atoms with van der Waals surface area (Å²) in [5.74, 6) is -1.38. The second-order valence-corrected chi connectivity index (χ2v) is 5.22. The van der Waals surface area contributed by atoms with E-state index in [1.165, 1.54) is 23.5 Å². The Bertz CT molecular complexity index is 612. The number of carboxylic acid groups (broad SMARTS) is 1. The number of rotatable bonds is 3. The van der Waals surface area contributed by atoms with Gasteiger partial charge < -0.3 is 5.11 Å². The zero-order valence-electron chi connectivity index (χ0n) is 9.41. The quantitative estimate of drug-likeness (QED) is 0.938. The average molecular weight is 286 g/mol. The molecule has 0 aliphatic rings. The lowest BCUT2D eigenvalue weighted by Gasteiger charge is -1.97. The van der Waals surface area contributed by atoms with Crippen molar-refractivity contribution >= 4 is 28.9 Å². The van der Waals surface area contributed by atoms with Gasteiger partial charge in [0.05, 0.1) is 17.1 Å². The van der Waals surface area contributed by atoms with E-state index in [0.717, 1.165) is 0 Å². The summed E-state index contributed by atoms with van der Waals surface area (Å²) in [5, 5.41) is 9.43. The van der Waals surface area contributed by atoms with E-state index in [1.54, 1.807) is 13.0 Å². The third kappa shape index (κ3) is 2.68. The van der Waals surface area contributed by atoms with Crippen LogP contribution in [-0.2, 0) is 11.2 Å². The fourth-order valence-corrected chi connectivity index (χ4v) is 2.71. The number of thiazole rings is 1. The molecule has 0 atom stereocenters.